The molecule has 4 aromatic rings. The summed E-state index contributed by atoms with van der Waals surface area (Å²) in [6.45, 7) is 1.42. The Labute approximate surface area is 236 Å². The Hall–Kier alpha value is -4.00. The number of H-pyrrole nitrogens is 1. The predicted molar refractivity (Wildman–Crippen MR) is 153 cm³/mol. The minimum absolute atomic E-state index is 0.000929. The quantitative estimate of drug-likeness (QED) is 0.234. The van der Waals surface area contributed by atoms with Gasteiger partial charge in [0.25, 0.3) is 11.6 Å². The molecule has 1 N–H and O–H groups in total. The van der Waals surface area contributed by atoms with Crippen molar-refractivity contribution >= 4 is 21.7 Å². The molecule has 2 atom stereocenters. The topological polar surface area (TPSA) is 76.7 Å². The van der Waals surface area contributed by atoms with Crippen LogP contribution in [0.5, 0.6) is 11.8 Å². The van der Waals surface area contributed by atoms with Crippen molar-refractivity contribution in [3.63, 3.8) is 0 Å². The van der Waals surface area contributed by atoms with Crippen molar-refractivity contribution in [3.05, 3.63) is 63.9 Å². The van der Waals surface area contributed by atoms with Gasteiger partial charge in [-0.05, 0) is 74.5 Å². The van der Waals surface area contributed by atoms with Crippen molar-refractivity contribution in [3.8, 4) is 35.2 Å². The maximum Gasteiger partial charge on any atom is 0.297 e. The minimum atomic E-state index is -0.745. The van der Waals surface area contributed by atoms with Crippen LogP contribution in [0.15, 0.2) is 41.2 Å². The summed E-state index contributed by atoms with van der Waals surface area (Å²) < 4.78 is 47.9. The average Bonchev–Trinajstić information content (AvgIpc) is 3.41. The van der Waals surface area contributed by atoms with Crippen LogP contribution in [0.2, 0.25) is 0 Å². The number of fused-ring (bicyclic) bond motifs is 3. The summed E-state index contributed by atoms with van der Waals surface area (Å²) in [6.07, 6.45) is 11.1. The maximum absolute atomic E-state index is 16.3. The SMILES string of the molecule is C#Cc1c(F)ccc2cc(OCOC)cc(-c3ccc4c(=O)[nH]c(OC[C@]56CCC[C@H]5N(C)CCC6)nc4c3F)c12. The Morgan fingerprint density at radius 2 is 1.98 bits per heavy atom. The van der Waals surface area contributed by atoms with Crippen molar-refractivity contribution in [2.75, 3.05) is 34.1 Å². The number of nitrogens with zero attached hydrogens (tertiary/aromatic N) is 2. The molecular weight excluding hydrogens is 528 g/mol. The van der Waals surface area contributed by atoms with E-state index in [-0.39, 0.29) is 40.2 Å². The zero-order chi connectivity index (χ0) is 28.7. The summed E-state index contributed by atoms with van der Waals surface area (Å²) in [7, 11) is 3.63. The van der Waals surface area contributed by atoms with Crippen LogP contribution in [0.25, 0.3) is 32.8 Å². The van der Waals surface area contributed by atoms with Crippen LogP contribution in [0.1, 0.15) is 37.7 Å². The first-order valence-corrected chi connectivity index (χ1v) is 13.8. The maximum atomic E-state index is 16.3. The number of nitrogens with one attached hydrogen (secondary N) is 1. The lowest BCUT2D eigenvalue weighted by Crippen LogP contribution is -2.50. The molecule has 212 valence electrons. The fourth-order valence-electron chi connectivity index (χ4n) is 6.79. The van der Waals surface area contributed by atoms with Gasteiger partial charge in [-0.1, -0.05) is 24.5 Å². The second kappa shape index (κ2) is 10.8. The number of hydrogen-bond donors (Lipinski definition) is 1. The first kappa shape index (κ1) is 27.2. The highest BCUT2D eigenvalue weighted by molar-refractivity contribution is 6.03. The fourth-order valence-corrected chi connectivity index (χ4v) is 6.79. The standard InChI is InChI=1S/C32H31F2N3O4/c1-4-21-25(33)11-8-19-15-20(41-18-39-3)16-24(27(19)21)22-9-10-23-29(28(22)34)35-31(36-30(23)38)40-17-32-12-5-7-26(32)37(2)14-6-13-32/h1,8-11,15-16,26H,5-7,12-14,17-18H2,2-3H3,(H,35,36,38)/t26-,32-/m1/s1. The Morgan fingerprint density at radius 3 is 2.78 bits per heavy atom. The van der Waals surface area contributed by atoms with Gasteiger partial charge in [0.2, 0.25) is 0 Å². The zero-order valence-corrected chi connectivity index (χ0v) is 23.1. The van der Waals surface area contributed by atoms with Gasteiger partial charge in [-0.15, -0.1) is 6.42 Å². The second-order valence-electron chi connectivity index (χ2n) is 11.0. The summed E-state index contributed by atoms with van der Waals surface area (Å²) in [5.74, 6) is 1.44. The summed E-state index contributed by atoms with van der Waals surface area (Å²) >= 11 is 0. The molecule has 1 saturated carbocycles. The Morgan fingerprint density at radius 1 is 1.15 bits per heavy atom. The molecule has 2 aliphatic rings. The van der Waals surface area contributed by atoms with E-state index in [1.807, 2.05) is 0 Å². The van der Waals surface area contributed by atoms with E-state index < -0.39 is 17.2 Å². The van der Waals surface area contributed by atoms with E-state index in [4.69, 9.17) is 20.6 Å². The monoisotopic (exact) mass is 559 g/mol. The van der Waals surface area contributed by atoms with Crippen molar-refractivity contribution in [1.82, 2.24) is 14.9 Å². The Balaban J connectivity index is 1.45. The third kappa shape index (κ3) is 4.71. The lowest BCUT2D eigenvalue weighted by Gasteiger charge is -2.44. The van der Waals surface area contributed by atoms with Gasteiger partial charge < -0.3 is 19.1 Å². The Bertz CT molecular complexity index is 1750. The molecule has 2 fully saturated rings. The highest BCUT2D eigenvalue weighted by Crippen LogP contribution is 2.47. The van der Waals surface area contributed by atoms with E-state index >= 15 is 4.39 Å². The molecular formula is C32H31F2N3O4. The van der Waals surface area contributed by atoms with E-state index in [9.17, 15) is 9.18 Å². The van der Waals surface area contributed by atoms with Crippen molar-refractivity contribution in [1.29, 1.82) is 0 Å². The van der Waals surface area contributed by atoms with Gasteiger partial charge >= 0.3 is 0 Å². The molecule has 0 amide bonds. The van der Waals surface area contributed by atoms with E-state index in [1.54, 1.807) is 18.2 Å². The van der Waals surface area contributed by atoms with Crippen LogP contribution >= 0.6 is 0 Å². The van der Waals surface area contributed by atoms with Crippen molar-refractivity contribution in [2.24, 2.45) is 5.41 Å². The molecule has 9 heteroatoms. The van der Waals surface area contributed by atoms with Gasteiger partial charge in [0.15, 0.2) is 12.6 Å². The molecule has 0 unspecified atom stereocenters. The third-order valence-electron chi connectivity index (χ3n) is 8.69. The number of piperidine rings is 1. The van der Waals surface area contributed by atoms with Crippen LogP contribution in [-0.2, 0) is 4.74 Å². The molecule has 7 nitrogen and oxygen atoms in total. The van der Waals surface area contributed by atoms with E-state index in [1.165, 1.54) is 25.3 Å². The van der Waals surface area contributed by atoms with E-state index in [0.717, 1.165) is 38.6 Å². The van der Waals surface area contributed by atoms with Gasteiger partial charge in [-0.25, -0.2) is 8.78 Å². The van der Waals surface area contributed by atoms with Crippen LogP contribution in [0.3, 0.4) is 0 Å². The lowest BCUT2D eigenvalue weighted by atomic mass is 9.76. The molecule has 2 heterocycles. The summed E-state index contributed by atoms with van der Waals surface area (Å²) in [5, 5.41) is 0.991. The average molecular weight is 560 g/mol. The normalized spacial score (nSPS) is 20.7. The molecule has 1 saturated heterocycles. The van der Waals surface area contributed by atoms with Gasteiger partial charge in [0.05, 0.1) is 17.6 Å². The number of likely N-dealkylation sites (tertiary alicyclic amines) is 1. The van der Waals surface area contributed by atoms with Crippen LogP contribution in [-0.4, -0.2) is 55.0 Å². The molecule has 1 aliphatic heterocycles. The van der Waals surface area contributed by atoms with Gasteiger partial charge in [-0.3, -0.25) is 9.78 Å². The number of aromatic nitrogens is 2. The van der Waals surface area contributed by atoms with Gasteiger partial charge in [0, 0.05) is 29.5 Å². The Kier molecular flexibility index (Phi) is 7.14. The predicted octanol–water partition coefficient (Wildman–Crippen LogP) is 5.63. The minimum Gasteiger partial charge on any atom is -0.468 e. The van der Waals surface area contributed by atoms with Crippen LogP contribution in [0, 0.1) is 29.4 Å². The number of terminal acetylenes is 1. The van der Waals surface area contributed by atoms with Crippen molar-refractivity contribution in [2.45, 2.75) is 38.1 Å². The van der Waals surface area contributed by atoms with Gasteiger partial charge in [0.1, 0.15) is 17.1 Å². The summed E-state index contributed by atoms with van der Waals surface area (Å²) in [4.78, 5) is 22.5. The number of rotatable bonds is 7. The highest BCUT2D eigenvalue weighted by atomic mass is 19.1. The number of ether oxygens (including phenoxy) is 3. The molecule has 1 aromatic heterocycles. The van der Waals surface area contributed by atoms with Crippen LogP contribution < -0.4 is 15.0 Å². The number of benzene rings is 3. The molecule has 0 radical (unpaired) electrons. The molecule has 3 aromatic carbocycles. The largest absolute Gasteiger partial charge is 0.468 e. The third-order valence-corrected chi connectivity index (χ3v) is 8.69. The molecule has 6 rings (SSSR count). The first-order chi connectivity index (χ1) is 19.8. The number of aromatic amines is 1. The number of halogens is 2. The number of methoxy groups -OCH3 is 1. The fraction of sp³-hybridized carbons (Fsp3) is 0.375. The van der Waals surface area contributed by atoms with E-state index in [2.05, 4.69) is 27.8 Å². The molecule has 0 spiro atoms. The molecule has 41 heavy (non-hydrogen) atoms. The lowest BCUT2D eigenvalue weighted by molar-refractivity contribution is 0.0132. The summed E-state index contributed by atoms with van der Waals surface area (Å²) in [5.41, 5.74) is -0.256. The highest BCUT2D eigenvalue weighted by Gasteiger charge is 2.47. The van der Waals surface area contributed by atoms with Gasteiger partial charge in [-0.2, -0.15) is 4.98 Å². The summed E-state index contributed by atoms with van der Waals surface area (Å²) in [6, 6.07) is 9.44. The smallest absolute Gasteiger partial charge is 0.297 e. The van der Waals surface area contributed by atoms with Crippen LogP contribution in [0.4, 0.5) is 8.78 Å². The second-order valence-corrected chi connectivity index (χ2v) is 11.0. The molecule has 1 aliphatic carbocycles. The van der Waals surface area contributed by atoms with E-state index in [0.29, 0.717) is 34.7 Å². The number of hydrogen-bond acceptors (Lipinski definition) is 6. The first-order valence-electron chi connectivity index (χ1n) is 13.8. The molecule has 0 bridgehead atoms. The van der Waals surface area contributed by atoms with Crippen molar-refractivity contribution < 1.29 is 23.0 Å². The zero-order valence-electron chi connectivity index (χ0n) is 23.1.